The number of amides is 1. The van der Waals surface area contributed by atoms with Crippen molar-refractivity contribution in [2.75, 3.05) is 0 Å². The highest BCUT2D eigenvalue weighted by atomic mass is 35.5. The van der Waals surface area contributed by atoms with Gasteiger partial charge >= 0.3 is 0 Å². The Morgan fingerprint density at radius 1 is 1.33 bits per heavy atom. The highest BCUT2D eigenvalue weighted by Gasteiger charge is 2.38. The second-order valence-corrected chi connectivity index (χ2v) is 4.92. The lowest BCUT2D eigenvalue weighted by Crippen LogP contribution is -2.45. The highest BCUT2D eigenvalue weighted by Crippen LogP contribution is 2.30. The van der Waals surface area contributed by atoms with Crippen LogP contribution < -0.4 is 5.32 Å². The number of nitrogens with zero attached hydrogens (tertiary/aromatic N) is 1. The third kappa shape index (κ3) is 2.57. The van der Waals surface area contributed by atoms with Gasteiger partial charge in [-0.2, -0.15) is 0 Å². The third-order valence-electron chi connectivity index (χ3n) is 2.94. The maximum Gasteiger partial charge on any atom is 0.237 e. The number of carbonyl (C=O) groups excluding carboxylic acids is 1. The van der Waals surface area contributed by atoms with Gasteiger partial charge in [0.25, 0.3) is 0 Å². The van der Waals surface area contributed by atoms with E-state index in [0.717, 1.165) is 0 Å². The zero-order valence-electron chi connectivity index (χ0n) is 9.23. The van der Waals surface area contributed by atoms with Gasteiger partial charge in [-0.05, 0) is 17.7 Å². The van der Waals surface area contributed by atoms with Crippen molar-refractivity contribution in [1.29, 1.82) is 0 Å². The predicted octanol–water partition coefficient (Wildman–Crippen LogP) is 2.59. The molecule has 1 amide bonds. The molecule has 1 aromatic rings. The molecule has 18 heavy (non-hydrogen) atoms. The zero-order valence-corrected chi connectivity index (χ0v) is 10.7. The Labute approximate surface area is 113 Å². The summed E-state index contributed by atoms with van der Waals surface area (Å²) < 4.78 is 0. The lowest BCUT2D eigenvalue weighted by Gasteiger charge is -2.26. The minimum Gasteiger partial charge on any atom is -0.343 e. The van der Waals surface area contributed by atoms with Crippen LogP contribution in [-0.4, -0.2) is 16.9 Å². The monoisotopic (exact) mass is 288 g/mol. The SMILES string of the molecule is O=C1CC[C@@H]([N+](=O)[O-])[C@H](c2ccc(Cl)c(Cl)c2)N1. The molecule has 1 N–H and O–H groups in total. The summed E-state index contributed by atoms with van der Waals surface area (Å²) in [6.07, 6.45) is 0.396. The quantitative estimate of drug-likeness (QED) is 0.671. The normalized spacial score (nSPS) is 23.6. The molecular formula is C11H10Cl2N2O3. The topological polar surface area (TPSA) is 72.2 Å². The molecule has 1 saturated heterocycles. The van der Waals surface area contributed by atoms with Crippen LogP contribution in [0.15, 0.2) is 18.2 Å². The number of hydrogen-bond donors (Lipinski definition) is 1. The molecule has 0 spiro atoms. The van der Waals surface area contributed by atoms with Crippen LogP contribution in [-0.2, 0) is 4.79 Å². The van der Waals surface area contributed by atoms with Crippen LogP contribution in [0.4, 0.5) is 0 Å². The fraction of sp³-hybridized carbons (Fsp3) is 0.364. The molecule has 0 unspecified atom stereocenters. The molecular weight excluding hydrogens is 279 g/mol. The highest BCUT2D eigenvalue weighted by molar-refractivity contribution is 6.42. The van der Waals surface area contributed by atoms with E-state index in [1.807, 2.05) is 0 Å². The maximum absolute atomic E-state index is 11.4. The standard InChI is InChI=1S/C11H10Cl2N2O3/c12-7-2-1-6(5-8(7)13)11-9(15(17)18)3-4-10(16)14-11/h1-2,5,9,11H,3-4H2,(H,14,16)/t9-,11+/m1/s1. The van der Waals surface area contributed by atoms with Gasteiger partial charge in [0, 0.05) is 17.8 Å². The van der Waals surface area contributed by atoms with Crippen LogP contribution in [0.5, 0.6) is 0 Å². The number of piperidine rings is 1. The molecule has 0 radical (unpaired) electrons. The first-order chi connectivity index (χ1) is 8.49. The average Bonchev–Trinajstić information content (AvgIpc) is 2.32. The van der Waals surface area contributed by atoms with Crippen molar-refractivity contribution in [3.05, 3.63) is 43.9 Å². The molecule has 0 bridgehead atoms. The first-order valence-corrected chi connectivity index (χ1v) is 6.12. The van der Waals surface area contributed by atoms with Gasteiger partial charge < -0.3 is 5.32 Å². The molecule has 1 heterocycles. The van der Waals surface area contributed by atoms with Crippen molar-refractivity contribution in [3.8, 4) is 0 Å². The van der Waals surface area contributed by atoms with Crippen molar-refractivity contribution in [1.82, 2.24) is 5.32 Å². The van der Waals surface area contributed by atoms with Gasteiger partial charge in [-0.1, -0.05) is 29.3 Å². The van der Waals surface area contributed by atoms with Crippen LogP contribution in [0.25, 0.3) is 0 Å². The van der Waals surface area contributed by atoms with Crippen molar-refractivity contribution < 1.29 is 9.72 Å². The Morgan fingerprint density at radius 3 is 2.67 bits per heavy atom. The number of benzene rings is 1. The van der Waals surface area contributed by atoms with E-state index in [4.69, 9.17) is 23.2 Å². The molecule has 1 aliphatic rings. The summed E-state index contributed by atoms with van der Waals surface area (Å²) >= 11 is 11.7. The molecule has 2 atom stereocenters. The average molecular weight is 289 g/mol. The number of rotatable bonds is 2. The van der Waals surface area contributed by atoms with Crippen LogP contribution in [0.3, 0.4) is 0 Å². The van der Waals surface area contributed by atoms with E-state index in [2.05, 4.69) is 5.32 Å². The fourth-order valence-electron chi connectivity index (χ4n) is 2.03. The maximum atomic E-state index is 11.4. The first kappa shape index (κ1) is 13.1. The predicted molar refractivity (Wildman–Crippen MR) is 67.4 cm³/mol. The third-order valence-corrected chi connectivity index (χ3v) is 3.68. The lowest BCUT2D eigenvalue weighted by atomic mass is 9.92. The van der Waals surface area contributed by atoms with Crippen molar-refractivity contribution in [3.63, 3.8) is 0 Å². The number of nitrogens with one attached hydrogen (secondary N) is 1. The molecule has 1 fully saturated rings. The van der Waals surface area contributed by atoms with E-state index < -0.39 is 12.1 Å². The first-order valence-electron chi connectivity index (χ1n) is 5.37. The molecule has 1 aromatic carbocycles. The summed E-state index contributed by atoms with van der Waals surface area (Å²) in [7, 11) is 0. The Balaban J connectivity index is 2.34. The summed E-state index contributed by atoms with van der Waals surface area (Å²) in [4.78, 5) is 22.0. The lowest BCUT2D eigenvalue weighted by molar-refractivity contribution is -0.529. The summed E-state index contributed by atoms with van der Waals surface area (Å²) in [5.74, 6) is -0.191. The summed E-state index contributed by atoms with van der Waals surface area (Å²) in [6, 6.07) is 3.27. The van der Waals surface area contributed by atoms with Crippen molar-refractivity contribution >= 4 is 29.1 Å². The van der Waals surface area contributed by atoms with Gasteiger partial charge in [-0.25, -0.2) is 0 Å². The van der Waals surface area contributed by atoms with E-state index in [9.17, 15) is 14.9 Å². The van der Waals surface area contributed by atoms with Crippen LogP contribution in [0, 0.1) is 10.1 Å². The van der Waals surface area contributed by atoms with Gasteiger partial charge in [-0.15, -0.1) is 0 Å². The summed E-state index contributed by atoms with van der Waals surface area (Å²) in [5.41, 5.74) is 0.596. The van der Waals surface area contributed by atoms with Gasteiger partial charge in [0.05, 0.1) is 10.0 Å². The van der Waals surface area contributed by atoms with Gasteiger partial charge in [0.15, 0.2) is 0 Å². The molecule has 96 valence electrons. The van der Waals surface area contributed by atoms with Crippen LogP contribution in [0.2, 0.25) is 10.0 Å². The van der Waals surface area contributed by atoms with Gasteiger partial charge in [-0.3, -0.25) is 14.9 Å². The van der Waals surface area contributed by atoms with E-state index in [1.54, 1.807) is 18.2 Å². The largest absolute Gasteiger partial charge is 0.343 e. The second-order valence-electron chi connectivity index (χ2n) is 4.11. The number of halogens is 2. The Kier molecular flexibility index (Phi) is 3.73. The van der Waals surface area contributed by atoms with Gasteiger partial charge in [0.1, 0.15) is 6.04 Å². The molecule has 7 heteroatoms. The molecule has 1 aliphatic heterocycles. The molecule has 2 rings (SSSR count). The number of hydrogen-bond acceptors (Lipinski definition) is 3. The number of nitro groups is 1. The molecule has 0 aliphatic carbocycles. The fourth-order valence-corrected chi connectivity index (χ4v) is 2.33. The van der Waals surface area contributed by atoms with Crippen LogP contribution >= 0.6 is 23.2 Å². The van der Waals surface area contributed by atoms with E-state index in [1.165, 1.54) is 0 Å². The van der Waals surface area contributed by atoms with Crippen molar-refractivity contribution in [2.45, 2.75) is 24.9 Å². The van der Waals surface area contributed by atoms with E-state index in [-0.39, 0.29) is 23.7 Å². The zero-order chi connectivity index (χ0) is 13.3. The summed E-state index contributed by atoms with van der Waals surface area (Å²) in [5, 5.41) is 14.3. The van der Waals surface area contributed by atoms with E-state index >= 15 is 0 Å². The molecule has 0 aromatic heterocycles. The Hall–Kier alpha value is -1.33. The molecule has 0 saturated carbocycles. The Bertz CT molecular complexity index is 507. The minimum atomic E-state index is -0.833. The smallest absolute Gasteiger partial charge is 0.237 e. The minimum absolute atomic E-state index is 0.170. The second kappa shape index (κ2) is 5.12. The Morgan fingerprint density at radius 2 is 2.06 bits per heavy atom. The number of carbonyl (C=O) groups is 1. The van der Waals surface area contributed by atoms with Crippen LogP contribution in [0.1, 0.15) is 24.4 Å². The summed E-state index contributed by atoms with van der Waals surface area (Å²) in [6.45, 7) is 0. The van der Waals surface area contributed by atoms with Gasteiger partial charge in [0.2, 0.25) is 11.9 Å². The van der Waals surface area contributed by atoms with E-state index in [0.29, 0.717) is 15.6 Å². The van der Waals surface area contributed by atoms with Crippen molar-refractivity contribution in [2.24, 2.45) is 0 Å². The molecule has 5 nitrogen and oxygen atoms in total.